The van der Waals surface area contributed by atoms with Gasteiger partial charge in [-0.05, 0) is 51.7 Å². The van der Waals surface area contributed by atoms with Crippen LogP contribution in [0.5, 0.6) is 5.75 Å². The van der Waals surface area contributed by atoms with E-state index < -0.39 is 6.61 Å². The fraction of sp³-hybridized carbons (Fsp3) is 0.136. The Labute approximate surface area is 166 Å². The molecule has 0 bridgehead atoms. The van der Waals surface area contributed by atoms with E-state index in [2.05, 4.69) is 4.74 Å². The Balaban J connectivity index is 1.88. The number of alkyl halides is 2. The molecule has 2 aromatic carbocycles. The minimum absolute atomic E-state index is 0.0781. The standard InChI is InChI=1S/C22H19F2NO2S/c1-25(14-17-11-12-28-15-17)21(26)20(18-5-3-2-4-6-18)13-16-7-9-19(10-8-16)27-22(23)24/h2-13,15,22H,14H2,1H3. The normalized spacial score (nSPS) is 11.5. The average Bonchev–Trinajstić information content (AvgIpc) is 3.20. The molecule has 0 unspecified atom stereocenters. The molecule has 0 fully saturated rings. The van der Waals surface area contributed by atoms with Crippen LogP contribution in [0.3, 0.4) is 0 Å². The zero-order valence-electron chi connectivity index (χ0n) is 15.2. The van der Waals surface area contributed by atoms with Gasteiger partial charge in [0.05, 0.1) is 0 Å². The maximum absolute atomic E-state index is 13.1. The summed E-state index contributed by atoms with van der Waals surface area (Å²) in [4.78, 5) is 14.8. The molecule has 0 radical (unpaired) electrons. The Morgan fingerprint density at radius 3 is 2.43 bits per heavy atom. The molecule has 28 heavy (non-hydrogen) atoms. The summed E-state index contributed by atoms with van der Waals surface area (Å²) in [6.07, 6.45) is 1.76. The molecule has 3 nitrogen and oxygen atoms in total. The monoisotopic (exact) mass is 399 g/mol. The van der Waals surface area contributed by atoms with Gasteiger partial charge in [0, 0.05) is 19.2 Å². The lowest BCUT2D eigenvalue weighted by Crippen LogP contribution is -2.26. The molecule has 0 aliphatic carbocycles. The molecule has 0 spiro atoms. The summed E-state index contributed by atoms with van der Waals surface area (Å²) < 4.78 is 29.0. The molecular formula is C22H19F2NO2S. The van der Waals surface area contributed by atoms with Gasteiger partial charge in [-0.3, -0.25) is 4.79 Å². The van der Waals surface area contributed by atoms with Crippen molar-refractivity contribution in [2.45, 2.75) is 13.2 Å². The maximum atomic E-state index is 13.1. The summed E-state index contributed by atoms with van der Waals surface area (Å²) in [5, 5.41) is 3.99. The number of carbonyl (C=O) groups excluding carboxylic acids is 1. The summed E-state index contributed by atoms with van der Waals surface area (Å²) in [5.41, 5.74) is 3.11. The quantitative estimate of drug-likeness (QED) is 0.385. The summed E-state index contributed by atoms with van der Waals surface area (Å²) in [7, 11) is 1.76. The van der Waals surface area contributed by atoms with Crippen LogP contribution in [0.4, 0.5) is 8.78 Å². The molecule has 3 aromatic rings. The topological polar surface area (TPSA) is 29.5 Å². The molecule has 0 atom stereocenters. The van der Waals surface area contributed by atoms with E-state index in [4.69, 9.17) is 0 Å². The van der Waals surface area contributed by atoms with Crippen molar-refractivity contribution in [3.63, 3.8) is 0 Å². The fourth-order valence-corrected chi connectivity index (χ4v) is 3.39. The van der Waals surface area contributed by atoms with Crippen molar-refractivity contribution in [3.05, 3.63) is 88.1 Å². The van der Waals surface area contributed by atoms with Crippen molar-refractivity contribution in [2.75, 3.05) is 7.05 Å². The van der Waals surface area contributed by atoms with Gasteiger partial charge in [0.1, 0.15) is 5.75 Å². The molecule has 1 heterocycles. The average molecular weight is 399 g/mol. The first kappa shape index (κ1) is 19.8. The Bertz CT molecular complexity index is 923. The fourth-order valence-electron chi connectivity index (χ4n) is 2.73. The van der Waals surface area contributed by atoms with Crippen molar-refractivity contribution >= 4 is 28.9 Å². The van der Waals surface area contributed by atoms with Crippen molar-refractivity contribution in [1.82, 2.24) is 4.90 Å². The second-order valence-corrected chi connectivity index (χ2v) is 6.94. The zero-order chi connectivity index (χ0) is 19.9. The van der Waals surface area contributed by atoms with Crippen LogP contribution in [0.2, 0.25) is 0 Å². The van der Waals surface area contributed by atoms with Crippen LogP contribution in [0.25, 0.3) is 11.6 Å². The van der Waals surface area contributed by atoms with Crippen LogP contribution in [-0.4, -0.2) is 24.5 Å². The number of hydrogen-bond donors (Lipinski definition) is 0. The Morgan fingerprint density at radius 1 is 1.11 bits per heavy atom. The number of carbonyl (C=O) groups is 1. The molecule has 144 valence electrons. The van der Waals surface area contributed by atoms with E-state index in [1.165, 1.54) is 12.1 Å². The van der Waals surface area contributed by atoms with E-state index in [0.29, 0.717) is 12.1 Å². The number of halogens is 2. The highest BCUT2D eigenvalue weighted by atomic mass is 32.1. The highest BCUT2D eigenvalue weighted by Crippen LogP contribution is 2.23. The van der Waals surface area contributed by atoms with Gasteiger partial charge in [0.15, 0.2) is 0 Å². The first-order valence-corrected chi connectivity index (χ1v) is 9.56. The molecule has 3 rings (SSSR count). The molecule has 1 aromatic heterocycles. The zero-order valence-corrected chi connectivity index (χ0v) is 16.0. The summed E-state index contributed by atoms with van der Waals surface area (Å²) >= 11 is 1.59. The van der Waals surface area contributed by atoms with Gasteiger partial charge in [0.2, 0.25) is 0 Å². The molecule has 6 heteroatoms. The van der Waals surface area contributed by atoms with Crippen LogP contribution in [0.1, 0.15) is 16.7 Å². The second-order valence-electron chi connectivity index (χ2n) is 6.16. The highest BCUT2D eigenvalue weighted by molar-refractivity contribution is 7.07. The minimum Gasteiger partial charge on any atom is -0.435 e. The van der Waals surface area contributed by atoms with Gasteiger partial charge in [-0.1, -0.05) is 42.5 Å². The minimum atomic E-state index is -2.87. The number of benzene rings is 2. The van der Waals surface area contributed by atoms with Crippen LogP contribution < -0.4 is 4.74 Å². The van der Waals surface area contributed by atoms with Gasteiger partial charge in [-0.25, -0.2) is 0 Å². The Kier molecular flexibility index (Phi) is 6.55. The molecule has 0 aliphatic rings. The van der Waals surface area contributed by atoms with Crippen LogP contribution in [0.15, 0.2) is 71.4 Å². The summed E-state index contributed by atoms with van der Waals surface area (Å²) in [6, 6.07) is 17.6. The Hall–Kier alpha value is -2.99. The number of rotatable bonds is 7. The maximum Gasteiger partial charge on any atom is 0.387 e. The Morgan fingerprint density at radius 2 is 1.82 bits per heavy atom. The van der Waals surface area contributed by atoms with Crippen molar-refractivity contribution in [2.24, 2.45) is 0 Å². The highest BCUT2D eigenvalue weighted by Gasteiger charge is 2.17. The molecule has 0 saturated heterocycles. The number of ether oxygens (including phenoxy) is 1. The molecule has 0 N–H and O–H groups in total. The summed E-state index contributed by atoms with van der Waals surface area (Å²) in [5.74, 6) is -0.0420. The molecule has 1 amide bonds. The third kappa shape index (κ3) is 5.27. The molecular weight excluding hydrogens is 380 g/mol. The van der Waals surface area contributed by atoms with Crippen LogP contribution in [0, 0.1) is 0 Å². The first-order valence-electron chi connectivity index (χ1n) is 8.61. The van der Waals surface area contributed by atoms with E-state index in [1.54, 1.807) is 41.5 Å². The van der Waals surface area contributed by atoms with E-state index in [1.807, 2.05) is 47.2 Å². The predicted octanol–water partition coefficient (Wildman–Crippen LogP) is 5.55. The predicted molar refractivity (Wildman–Crippen MR) is 108 cm³/mol. The first-order chi connectivity index (χ1) is 13.5. The third-order valence-corrected chi connectivity index (χ3v) is 4.81. The molecule has 0 saturated carbocycles. The summed E-state index contributed by atoms with van der Waals surface area (Å²) in [6.45, 7) is -2.36. The number of thiophene rings is 1. The van der Waals surface area contributed by atoms with Gasteiger partial charge in [-0.2, -0.15) is 20.1 Å². The SMILES string of the molecule is CN(Cc1ccsc1)C(=O)C(=Cc1ccc(OC(F)F)cc1)c1ccccc1. The lowest BCUT2D eigenvalue weighted by Gasteiger charge is -2.19. The van der Waals surface area contributed by atoms with Gasteiger partial charge < -0.3 is 9.64 Å². The van der Waals surface area contributed by atoms with E-state index in [0.717, 1.165) is 16.7 Å². The number of nitrogens with zero attached hydrogens (tertiary/aromatic N) is 1. The van der Waals surface area contributed by atoms with Crippen LogP contribution >= 0.6 is 11.3 Å². The van der Waals surface area contributed by atoms with Crippen molar-refractivity contribution < 1.29 is 18.3 Å². The second kappa shape index (κ2) is 9.28. The van der Waals surface area contributed by atoms with Crippen molar-refractivity contribution in [1.29, 1.82) is 0 Å². The number of likely N-dealkylation sites (N-methyl/N-ethyl adjacent to an activating group) is 1. The van der Waals surface area contributed by atoms with E-state index >= 15 is 0 Å². The van der Waals surface area contributed by atoms with E-state index in [-0.39, 0.29) is 11.7 Å². The lowest BCUT2D eigenvalue weighted by atomic mass is 10.0. The van der Waals surface area contributed by atoms with Crippen LogP contribution in [-0.2, 0) is 11.3 Å². The van der Waals surface area contributed by atoms with Gasteiger partial charge >= 0.3 is 6.61 Å². The van der Waals surface area contributed by atoms with Crippen molar-refractivity contribution in [3.8, 4) is 5.75 Å². The molecule has 0 aliphatic heterocycles. The number of hydrogen-bond acceptors (Lipinski definition) is 3. The largest absolute Gasteiger partial charge is 0.435 e. The number of amides is 1. The van der Waals surface area contributed by atoms with Gasteiger partial charge in [-0.15, -0.1) is 0 Å². The third-order valence-electron chi connectivity index (χ3n) is 4.08. The lowest BCUT2D eigenvalue weighted by molar-refractivity contribution is -0.124. The smallest absolute Gasteiger partial charge is 0.387 e. The van der Waals surface area contributed by atoms with E-state index in [9.17, 15) is 13.6 Å². The van der Waals surface area contributed by atoms with Gasteiger partial charge in [0.25, 0.3) is 5.91 Å².